The van der Waals surface area contributed by atoms with E-state index in [1.54, 1.807) is 0 Å². The first-order valence-electron chi connectivity index (χ1n) is 10.6. The fourth-order valence-electron chi connectivity index (χ4n) is 4.04. The molecule has 1 aromatic carbocycles. The maximum absolute atomic E-state index is 13.0. The summed E-state index contributed by atoms with van der Waals surface area (Å²) in [7, 11) is 0. The van der Waals surface area contributed by atoms with Gasteiger partial charge in [0.25, 0.3) is 5.22 Å². The quantitative estimate of drug-likeness (QED) is 0.601. The normalized spacial score (nSPS) is 20.5. The Balaban J connectivity index is 1.66. The molecule has 7 heteroatoms. The molecule has 1 aliphatic heterocycles. The smallest absolute Gasteiger partial charge is 0.277 e. The average molecular weight is 417 g/mol. The number of likely N-dealkylation sites (tertiary alicyclic amines) is 1. The third-order valence-corrected chi connectivity index (χ3v) is 6.64. The van der Waals surface area contributed by atoms with Crippen LogP contribution in [0.2, 0.25) is 0 Å². The molecule has 0 spiro atoms. The van der Waals surface area contributed by atoms with Crippen LogP contribution in [0, 0.1) is 0 Å². The first-order chi connectivity index (χ1) is 13.9. The number of carbonyl (C=O) groups is 1. The van der Waals surface area contributed by atoms with Gasteiger partial charge in [-0.2, -0.15) is 0 Å². The summed E-state index contributed by atoms with van der Waals surface area (Å²) >= 11 is 1.34. The molecular formula is C22H32N4O2S. The van der Waals surface area contributed by atoms with Gasteiger partial charge in [-0.05, 0) is 78.1 Å². The highest BCUT2D eigenvalue weighted by atomic mass is 32.2. The third-order valence-electron chi connectivity index (χ3n) is 5.72. The van der Waals surface area contributed by atoms with Gasteiger partial charge in [0.15, 0.2) is 0 Å². The Hall–Kier alpha value is -2.02. The Kier molecular flexibility index (Phi) is 7.22. The lowest BCUT2D eigenvalue weighted by atomic mass is 9.97. The molecule has 29 heavy (non-hydrogen) atoms. The maximum atomic E-state index is 13.0. The van der Waals surface area contributed by atoms with Gasteiger partial charge in [-0.15, -0.1) is 10.2 Å². The zero-order chi connectivity index (χ0) is 21.0. The molecule has 1 amide bonds. The largest absolute Gasteiger partial charge is 0.411 e. The molecule has 1 saturated heterocycles. The van der Waals surface area contributed by atoms with E-state index in [2.05, 4.69) is 54.9 Å². The molecule has 0 N–H and O–H groups in total. The molecule has 0 saturated carbocycles. The lowest BCUT2D eigenvalue weighted by molar-refractivity contribution is -0.136. The number of amides is 1. The minimum absolute atomic E-state index is 0.151. The molecule has 1 aromatic heterocycles. The van der Waals surface area contributed by atoms with Crippen LogP contribution in [-0.2, 0) is 4.79 Å². The number of hydrogen-bond acceptors (Lipinski definition) is 6. The highest BCUT2D eigenvalue weighted by molar-refractivity contribution is 8.00. The van der Waals surface area contributed by atoms with Gasteiger partial charge in [0.05, 0.1) is 5.25 Å². The van der Waals surface area contributed by atoms with Gasteiger partial charge in [0.1, 0.15) is 0 Å². The summed E-state index contributed by atoms with van der Waals surface area (Å²) in [5, 5.41) is 8.52. The van der Waals surface area contributed by atoms with Gasteiger partial charge in [0, 0.05) is 36.4 Å². The summed E-state index contributed by atoms with van der Waals surface area (Å²) in [6.07, 6.45) is 3.33. The minimum atomic E-state index is -0.253. The van der Waals surface area contributed by atoms with Crippen LogP contribution in [0.4, 0.5) is 5.69 Å². The van der Waals surface area contributed by atoms with Crippen molar-refractivity contribution in [3.63, 3.8) is 0 Å². The molecule has 0 bridgehead atoms. The van der Waals surface area contributed by atoms with Gasteiger partial charge in [-0.25, -0.2) is 0 Å². The second kappa shape index (κ2) is 9.65. The van der Waals surface area contributed by atoms with Crippen molar-refractivity contribution in [3.05, 3.63) is 24.3 Å². The molecule has 3 atom stereocenters. The zero-order valence-electron chi connectivity index (χ0n) is 18.1. The highest BCUT2D eigenvalue weighted by Crippen LogP contribution is 2.30. The van der Waals surface area contributed by atoms with E-state index in [4.69, 9.17) is 4.42 Å². The number of piperidine rings is 1. The standard InChI is InChI=1S/C22H32N4O2S/c1-6-25(7-2)19-13-11-18(12-14-19)20-23-24-22(28-20)29-17(5)21(27)26-15(3)9-8-10-16(26)4/h11-17H,6-10H2,1-5H3/t15-,16-,17-/m1/s1. The number of aromatic nitrogens is 2. The Morgan fingerprint density at radius 3 is 2.38 bits per heavy atom. The van der Waals surface area contributed by atoms with E-state index in [0.717, 1.165) is 31.5 Å². The number of anilines is 1. The van der Waals surface area contributed by atoms with Crippen LogP contribution in [0.25, 0.3) is 11.5 Å². The first-order valence-corrected chi connectivity index (χ1v) is 11.5. The zero-order valence-corrected chi connectivity index (χ0v) is 18.9. The van der Waals surface area contributed by atoms with Crippen molar-refractivity contribution >= 4 is 23.4 Å². The summed E-state index contributed by atoms with van der Waals surface area (Å²) in [5.41, 5.74) is 2.06. The van der Waals surface area contributed by atoms with Crippen molar-refractivity contribution < 1.29 is 9.21 Å². The van der Waals surface area contributed by atoms with E-state index < -0.39 is 0 Å². The van der Waals surface area contributed by atoms with Crippen molar-refractivity contribution in [3.8, 4) is 11.5 Å². The van der Waals surface area contributed by atoms with Crippen LogP contribution in [0.1, 0.15) is 53.9 Å². The molecule has 2 aromatic rings. The lowest BCUT2D eigenvalue weighted by Crippen LogP contribution is -2.50. The van der Waals surface area contributed by atoms with Gasteiger partial charge < -0.3 is 14.2 Å². The Bertz CT molecular complexity index is 793. The van der Waals surface area contributed by atoms with Gasteiger partial charge >= 0.3 is 0 Å². The molecule has 2 heterocycles. The second-order valence-corrected chi connectivity index (χ2v) is 9.02. The van der Waals surface area contributed by atoms with E-state index in [1.807, 2.05) is 24.0 Å². The third kappa shape index (κ3) is 4.94. The molecular weight excluding hydrogens is 384 g/mol. The summed E-state index contributed by atoms with van der Waals surface area (Å²) in [6.45, 7) is 12.4. The van der Waals surface area contributed by atoms with E-state index in [-0.39, 0.29) is 23.2 Å². The SMILES string of the molecule is CCN(CC)c1ccc(-c2nnc(S[C@H](C)C(=O)N3[C@H](C)CCC[C@H]3C)o2)cc1. The van der Waals surface area contributed by atoms with Crippen LogP contribution in [0.15, 0.2) is 33.9 Å². The summed E-state index contributed by atoms with van der Waals surface area (Å²) in [4.78, 5) is 17.3. The van der Waals surface area contributed by atoms with Crippen molar-refractivity contribution in [1.29, 1.82) is 0 Å². The monoisotopic (exact) mass is 416 g/mol. The summed E-state index contributed by atoms with van der Waals surface area (Å²) in [5.74, 6) is 0.635. The fraction of sp³-hybridized carbons (Fsp3) is 0.591. The molecule has 1 fully saturated rings. The fourth-order valence-corrected chi connectivity index (χ4v) is 4.78. The van der Waals surface area contributed by atoms with Gasteiger partial charge in [-0.1, -0.05) is 11.8 Å². The molecule has 0 unspecified atom stereocenters. The molecule has 1 aliphatic rings. The average Bonchev–Trinajstić information content (AvgIpc) is 3.17. The topological polar surface area (TPSA) is 62.5 Å². The molecule has 3 rings (SSSR count). The van der Waals surface area contributed by atoms with Crippen molar-refractivity contribution in [2.75, 3.05) is 18.0 Å². The Labute approximate surface area is 178 Å². The van der Waals surface area contributed by atoms with Gasteiger partial charge in [-0.3, -0.25) is 4.79 Å². The predicted molar refractivity (Wildman–Crippen MR) is 118 cm³/mol. The predicted octanol–water partition coefficient (Wildman–Crippen LogP) is 4.85. The van der Waals surface area contributed by atoms with E-state index >= 15 is 0 Å². The Morgan fingerprint density at radius 1 is 1.17 bits per heavy atom. The number of nitrogens with zero attached hydrogens (tertiary/aromatic N) is 4. The van der Waals surface area contributed by atoms with Gasteiger partial charge in [0.2, 0.25) is 11.8 Å². The molecule has 158 valence electrons. The lowest BCUT2D eigenvalue weighted by Gasteiger charge is -2.40. The number of carbonyl (C=O) groups excluding carboxylic acids is 1. The second-order valence-electron chi connectivity index (χ2n) is 7.73. The first kappa shape index (κ1) is 21.7. The minimum Gasteiger partial charge on any atom is -0.411 e. The maximum Gasteiger partial charge on any atom is 0.277 e. The van der Waals surface area contributed by atoms with Crippen LogP contribution in [0.5, 0.6) is 0 Å². The summed E-state index contributed by atoms with van der Waals surface area (Å²) < 4.78 is 5.84. The Morgan fingerprint density at radius 2 is 1.79 bits per heavy atom. The number of hydrogen-bond donors (Lipinski definition) is 0. The molecule has 6 nitrogen and oxygen atoms in total. The van der Waals surface area contributed by atoms with Crippen LogP contribution >= 0.6 is 11.8 Å². The molecule has 0 aliphatic carbocycles. The van der Waals surface area contributed by atoms with Crippen LogP contribution in [0.3, 0.4) is 0 Å². The van der Waals surface area contributed by atoms with E-state index in [9.17, 15) is 4.79 Å². The van der Waals surface area contributed by atoms with Crippen molar-refractivity contribution in [2.24, 2.45) is 0 Å². The summed E-state index contributed by atoms with van der Waals surface area (Å²) in [6, 6.07) is 8.73. The molecule has 0 radical (unpaired) electrons. The van der Waals surface area contributed by atoms with Crippen LogP contribution < -0.4 is 4.90 Å². The van der Waals surface area contributed by atoms with E-state index in [1.165, 1.54) is 23.9 Å². The van der Waals surface area contributed by atoms with Crippen molar-refractivity contribution in [1.82, 2.24) is 15.1 Å². The highest BCUT2D eigenvalue weighted by Gasteiger charge is 2.32. The number of rotatable bonds is 7. The number of benzene rings is 1. The van der Waals surface area contributed by atoms with Crippen LogP contribution in [-0.4, -0.2) is 51.4 Å². The van der Waals surface area contributed by atoms with Crippen molar-refractivity contribution in [2.45, 2.75) is 76.4 Å². The number of thioether (sulfide) groups is 1. The van der Waals surface area contributed by atoms with E-state index in [0.29, 0.717) is 11.1 Å².